The van der Waals surface area contributed by atoms with E-state index in [4.69, 9.17) is 21.2 Å². The van der Waals surface area contributed by atoms with Crippen molar-refractivity contribution in [1.82, 2.24) is 10.0 Å². The molecule has 0 aliphatic carbocycles. The Morgan fingerprint density at radius 2 is 1.75 bits per heavy atom. The van der Waals surface area contributed by atoms with Crippen LogP contribution in [0.3, 0.4) is 0 Å². The summed E-state index contributed by atoms with van der Waals surface area (Å²) in [6.07, 6.45) is -0.0450. The van der Waals surface area contributed by atoms with Gasteiger partial charge in [0, 0.05) is 33.8 Å². The zero-order valence-corrected chi connectivity index (χ0v) is 20.2. The quantitative estimate of drug-likeness (QED) is 0.265. The average Bonchev–Trinajstić information content (AvgIpc) is 3.14. The summed E-state index contributed by atoms with van der Waals surface area (Å²) in [5.41, 5.74) is 5.40. The second-order valence-corrected chi connectivity index (χ2v) is 8.45. The second kappa shape index (κ2) is 10.6. The lowest BCUT2D eigenvalue weighted by Gasteiger charge is -2.09. The van der Waals surface area contributed by atoms with Gasteiger partial charge in [0.05, 0.1) is 30.6 Å². The summed E-state index contributed by atoms with van der Waals surface area (Å²) in [4.78, 5) is 41.7. The van der Waals surface area contributed by atoms with Gasteiger partial charge in [0.1, 0.15) is 5.75 Å². The van der Waals surface area contributed by atoms with Crippen molar-refractivity contribution in [3.63, 3.8) is 0 Å². The number of aromatic nitrogens is 1. The molecule has 1 heterocycles. The van der Waals surface area contributed by atoms with E-state index >= 15 is 0 Å². The van der Waals surface area contributed by atoms with E-state index in [2.05, 4.69) is 5.48 Å². The number of halogens is 1. The van der Waals surface area contributed by atoms with Gasteiger partial charge >= 0.3 is 0 Å². The molecule has 0 atom stereocenters. The summed E-state index contributed by atoms with van der Waals surface area (Å²) in [6, 6.07) is 17.8. The molecule has 0 unspecified atom stereocenters. The highest BCUT2D eigenvalue weighted by Crippen LogP contribution is 2.31. The standard InChI is InChI=1S/C26H22ClN3O6/c1-16-22(14-25(31)28-36-15-17-3-9-20(10-4-17)30(33)34)23-13-21(35-2)11-12-24(23)29(16)26(32)18-5-7-19(27)8-6-18/h3-13H,14-15H2,1-2H3,(H,28,31). The lowest BCUT2D eigenvalue weighted by Crippen LogP contribution is -2.25. The molecule has 184 valence electrons. The van der Waals surface area contributed by atoms with Crippen molar-refractivity contribution < 1.29 is 24.1 Å². The molecular weight excluding hydrogens is 486 g/mol. The van der Waals surface area contributed by atoms with Gasteiger partial charge in [-0.2, -0.15) is 0 Å². The number of methoxy groups -OCH3 is 1. The van der Waals surface area contributed by atoms with Gasteiger partial charge in [0.25, 0.3) is 11.6 Å². The minimum absolute atomic E-state index is 0.0294. The van der Waals surface area contributed by atoms with Crippen LogP contribution in [0.15, 0.2) is 66.7 Å². The van der Waals surface area contributed by atoms with E-state index in [0.717, 1.165) is 0 Å². The molecule has 0 aliphatic heterocycles. The molecule has 9 nitrogen and oxygen atoms in total. The van der Waals surface area contributed by atoms with Crippen LogP contribution in [0.2, 0.25) is 5.02 Å². The van der Waals surface area contributed by atoms with Crippen molar-refractivity contribution >= 4 is 40.0 Å². The van der Waals surface area contributed by atoms with E-state index in [0.29, 0.717) is 44.1 Å². The number of nitrogens with zero attached hydrogens (tertiary/aromatic N) is 2. The number of non-ortho nitro benzene ring substituents is 1. The third-order valence-corrected chi connectivity index (χ3v) is 6.00. The minimum atomic E-state index is -0.488. The number of nitrogens with one attached hydrogen (secondary N) is 1. The number of nitro groups is 1. The van der Waals surface area contributed by atoms with Gasteiger partial charge in [-0.25, -0.2) is 5.48 Å². The SMILES string of the molecule is COc1ccc2c(c1)c(CC(=O)NOCc1ccc([N+](=O)[O-])cc1)c(C)n2C(=O)c1ccc(Cl)cc1. The Morgan fingerprint density at radius 1 is 1.06 bits per heavy atom. The van der Waals surface area contributed by atoms with Crippen molar-refractivity contribution in [2.24, 2.45) is 0 Å². The number of rotatable bonds is 8. The first-order valence-electron chi connectivity index (χ1n) is 10.9. The highest BCUT2D eigenvalue weighted by atomic mass is 35.5. The third-order valence-electron chi connectivity index (χ3n) is 5.75. The Balaban J connectivity index is 1.55. The van der Waals surface area contributed by atoms with Crippen molar-refractivity contribution in [1.29, 1.82) is 0 Å². The number of ether oxygens (including phenoxy) is 1. The summed E-state index contributed by atoms with van der Waals surface area (Å²) in [5.74, 6) is -0.0732. The number of hydrogen-bond acceptors (Lipinski definition) is 6. The molecule has 0 saturated heterocycles. The molecule has 3 aromatic carbocycles. The lowest BCUT2D eigenvalue weighted by molar-refractivity contribution is -0.384. The van der Waals surface area contributed by atoms with Crippen LogP contribution in [0, 0.1) is 17.0 Å². The molecule has 0 radical (unpaired) electrons. The minimum Gasteiger partial charge on any atom is -0.497 e. The van der Waals surface area contributed by atoms with E-state index in [1.165, 1.54) is 12.1 Å². The number of nitro benzene ring substituents is 1. The van der Waals surface area contributed by atoms with Gasteiger partial charge in [-0.05, 0) is 72.6 Å². The molecule has 0 spiro atoms. The van der Waals surface area contributed by atoms with Crippen molar-refractivity contribution in [3.8, 4) is 5.75 Å². The molecule has 1 aromatic heterocycles. The molecule has 1 N–H and O–H groups in total. The predicted molar refractivity (Wildman–Crippen MR) is 134 cm³/mol. The number of amides is 1. The summed E-state index contributed by atoms with van der Waals surface area (Å²) in [7, 11) is 1.54. The lowest BCUT2D eigenvalue weighted by atomic mass is 10.1. The van der Waals surface area contributed by atoms with Crippen LogP contribution in [-0.4, -0.2) is 28.4 Å². The van der Waals surface area contributed by atoms with Gasteiger partial charge in [0.15, 0.2) is 0 Å². The largest absolute Gasteiger partial charge is 0.497 e. The molecular formula is C26H22ClN3O6. The summed E-state index contributed by atoms with van der Waals surface area (Å²) >= 11 is 5.97. The van der Waals surface area contributed by atoms with Gasteiger partial charge in [-0.1, -0.05) is 11.6 Å². The smallest absolute Gasteiger partial charge is 0.269 e. The fourth-order valence-electron chi connectivity index (χ4n) is 3.91. The Hall–Kier alpha value is -4.21. The maximum Gasteiger partial charge on any atom is 0.269 e. The fraction of sp³-hybridized carbons (Fsp3) is 0.154. The summed E-state index contributed by atoms with van der Waals surface area (Å²) in [5, 5.41) is 12.0. The van der Waals surface area contributed by atoms with E-state index in [9.17, 15) is 19.7 Å². The van der Waals surface area contributed by atoms with Crippen molar-refractivity contribution in [2.45, 2.75) is 20.0 Å². The maximum atomic E-state index is 13.4. The first-order valence-corrected chi connectivity index (χ1v) is 11.3. The van der Waals surface area contributed by atoms with Crippen LogP contribution in [0.25, 0.3) is 10.9 Å². The van der Waals surface area contributed by atoms with Crippen LogP contribution in [0.4, 0.5) is 5.69 Å². The van der Waals surface area contributed by atoms with E-state index in [1.807, 2.05) is 0 Å². The maximum absolute atomic E-state index is 13.4. The fourth-order valence-corrected chi connectivity index (χ4v) is 4.03. The molecule has 10 heteroatoms. The highest BCUT2D eigenvalue weighted by molar-refractivity contribution is 6.30. The Labute approximate surface area is 211 Å². The monoisotopic (exact) mass is 507 g/mol. The number of hydrogen-bond donors (Lipinski definition) is 1. The van der Waals surface area contributed by atoms with Gasteiger partial charge in [-0.3, -0.25) is 29.1 Å². The Bertz CT molecular complexity index is 1450. The van der Waals surface area contributed by atoms with Crippen LogP contribution in [-0.2, 0) is 22.7 Å². The molecule has 0 saturated carbocycles. The highest BCUT2D eigenvalue weighted by Gasteiger charge is 2.22. The van der Waals surface area contributed by atoms with Crippen molar-refractivity contribution in [2.75, 3.05) is 7.11 Å². The van der Waals surface area contributed by atoms with E-state index < -0.39 is 10.8 Å². The summed E-state index contributed by atoms with van der Waals surface area (Å²) in [6.45, 7) is 1.81. The zero-order valence-electron chi connectivity index (χ0n) is 19.5. The van der Waals surface area contributed by atoms with E-state index in [1.54, 1.807) is 73.2 Å². The Morgan fingerprint density at radius 3 is 2.39 bits per heavy atom. The van der Waals surface area contributed by atoms with Gasteiger partial charge in [0.2, 0.25) is 5.91 Å². The number of benzene rings is 3. The van der Waals surface area contributed by atoms with E-state index in [-0.39, 0.29) is 24.6 Å². The topological polar surface area (TPSA) is 113 Å². The molecule has 0 aliphatic rings. The number of fused-ring (bicyclic) bond motifs is 1. The van der Waals surface area contributed by atoms with Crippen LogP contribution in [0.1, 0.15) is 27.2 Å². The molecule has 4 aromatic rings. The van der Waals surface area contributed by atoms with Gasteiger partial charge in [-0.15, -0.1) is 0 Å². The molecule has 0 fully saturated rings. The molecule has 36 heavy (non-hydrogen) atoms. The van der Waals surface area contributed by atoms with Crippen LogP contribution >= 0.6 is 11.6 Å². The summed E-state index contributed by atoms with van der Waals surface area (Å²) < 4.78 is 6.92. The number of carbonyl (C=O) groups is 2. The van der Waals surface area contributed by atoms with Gasteiger partial charge < -0.3 is 4.74 Å². The Kier molecular flexibility index (Phi) is 7.33. The average molecular weight is 508 g/mol. The first kappa shape index (κ1) is 24.9. The first-order chi connectivity index (χ1) is 17.3. The zero-order chi connectivity index (χ0) is 25.8. The second-order valence-electron chi connectivity index (χ2n) is 8.01. The third kappa shape index (κ3) is 5.22. The van der Waals surface area contributed by atoms with Crippen molar-refractivity contribution in [3.05, 3.63) is 104 Å². The number of carbonyl (C=O) groups excluding carboxylic acids is 2. The normalized spacial score (nSPS) is 10.9. The van der Waals surface area contributed by atoms with Crippen LogP contribution in [0.5, 0.6) is 5.75 Å². The predicted octanol–water partition coefficient (Wildman–Crippen LogP) is 5.00. The number of hydroxylamine groups is 1. The molecule has 0 bridgehead atoms. The molecule has 4 rings (SSSR count). The van der Waals surface area contributed by atoms with Crippen LogP contribution < -0.4 is 10.2 Å². The molecule has 1 amide bonds.